The molecule has 22 heavy (non-hydrogen) atoms. The first kappa shape index (κ1) is 20.8. The van der Waals surface area contributed by atoms with Crippen molar-refractivity contribution in [3.63, 3.8) is 0 Å². The number of likely N-dealkylation sites (N-methyl/N-ethyl adjacent to an activating group) is 1. The molecule has 2 N–H and O–H groups in total. The molecule has 1 aromatic rings. The minimum absolute atomic E-state index is 0. The number of hydrogen-bond acceptors (Lipinski definition) is 6. The van der Waals surface area contributed by atoms with Gasteiger partial charge in [-0.1, -0.05) is 19.0 Å². The summed E-state index contributed by atoms with van der Waals surface area (Å²) in [7, 11) is 1.68. The summed E-state index contributed by atoms with van der Waals surface area (Å²) in [5.74, 6) is 1.11. The number of nitrogens with two attached hydrogens (primary N) is 1. The lowest BCUT2D eigenvalue weighted by Crippen LogP contribution is -2.42. The van der Waals surface area contributed by atoms with E-state index in [9.17, 15) is 4.79 Å². The van der Waals surface area contributed by atoms with Crippen molar-refractivity contribution in [1.82, 2.24) is 15.0 Å². The van der Waals surface area contributed by atoms with E-state index in [1.54, 1.807) is 7.05 Å². The van der Waals surface area contributed by atoms with Crippen molar-refractivity contribution in [3.05, 3.63) is 11.7 Å². The summed E-state index contributed by atoms with van der Waals surface area (Å²) in [6.45, 7) is 8.65. The number of amides is 1. The van der Waals surface area contributed by atoms with Crippen LogP contribution in [0.3, 0.4) is 0 Å². The van der Waals surface area contributed by atoms with E-state index in [1.165, 1.54) is 4.90 Å². The van der Waals surface area contributed by atoms with Crippen LogP contribution in [-0.2, 0) is 16.1 Å². The predicted molar refractivity (Wildman–Crippen MR) is 85.5 cm³/mol. The fourth-order valence-electron chi connectivity index (χ4n) is 1.99. The minimum Gasteiger partial charge on any atom is -0.371 e. The van der Waals surface area contributed by atoms with E-state index in [0.29, 0.717) is 30.7 Å². The molecule has 1 aromatic heterocycles. The van der Waals surface area contributed by atoms with E-state index in [2.05, 4.69) is 10.1 Å². The zero-order valence-corrected chi connectivity index (χ0v) is 14.7. The first-order chi connectivity index (χ1) is 9.85. The maximum absolute atomic E-state index is 12.1. The van der Waals surface area contributed by atoms with Gasteiger partial charge in [0.2, 0.25) is 11.8 Å². The summed E-state index contributed by atoms with van der Waals surface area (Å²) in [5.41, 5.74) is 5.89. The van der Waals surface area contributed by atoms with Crippen LogP contribution in [0, 0.1) is 5.92 Å². The van der Waals surface area contributed by atoms with Gasteiger partial charge in [-0.2, -0.15) is 4.98 Å². The van der Waals surface area contributed by atoms with Gasteiger partial charge in [0, 0.05) is 13.7 Å². The van der Waals surface area contributed by atoms with Crippen LogP contribution in [0.25, 0.3) is 0 Å². The van der Waals surface area contributed by atoms with Gasteiger partial charge in [0.15, 0.2) is 5.82 Å². The molecule has 1 rings (SSSR count). The Morgan fingerprint density at radius 2 is 2.05 bits per heavy atom. The Morgan fingerprint density at radius 1 is 1.41 bits per heavy atom. The molecule has 1 amide bonds. The smallest absolute Gasteiger partial charge is 0.246 e. The molecule has 8 heteroatoms. The summed E-state index contributed by atoms with van der Waals surface area (Å²) < 4.78 is 10.5. The highest BCUT2D eigenvalue weighted by Gasteiger charge is 2.21. The van der Waals surface area contributed by atoms with Gasteiger partial charge in [-0.15, -0.1) is 12.4 Å². The number of carbonyl (C=O) groups excluding carboxylic acids is 1. The molecule has 0 aromatic carbocycles. The van der Waals surface area contributed by atoms with Crippen LogP contribution in [0.4, 0.5) is 0 Å². The van der Waals surface area contributed by atoms with Crippen molar-refractivity contribution in [2.24, 2.45) is 11.7 Å². The van der Waals surface area contributed by atoms with Crippen molar-refractivity contribution in [1.29, 1.82) is 0 Å². The third-order valence-corrected chi connectivity index (χ3v) is 3.06. The second kappa shape index (κ2) is 9.76. The molecular formula is C14H27ClN4O3. The largest absolute Gasteiger partial charge is 0.371 e. The molecule has 7 nitrogen and oxygen atoms in total. The number of ether oxygens (including phenoxy) is 1. The van der Waals surface area contributed by atoms with Crippen LogP contribution in [0.5, 0.6) is 0 Å². The standard InChI is InChI=1S/C14H26N4O3.ClH/c1-6-20-10(4)13-16-12(21-17-13)8-18(5)14(19)11(15)7-9(2)3;/h9-11H,6-8,15H2,1-5H3;1H/t10?,11-;/m0./s1. The van der Waals surface area contributed by atoms with Crippen molar-refractivity contribution >= 4 is 18.3 Å². The second-order valence-electron chi connectivity index (χ2n) is 5.57. The molecule has 1 heterocycles. The maximum atomic E-state index is 12.1. The number of hydrogen-bond donors (Lipinski definition) is 1. The Hall–Kier alpha value is -1.18. The highest BCUT2D eigenvalue weighted by molar-refractivity contribution is 5.85. The van der Waals surface area contributed by atoms with E-state index in [-0.39, 0.29) is 31.0 Å². The van der Waals surface area contributed by atoms with E-state index < -0.39 is 6.04 Å². The van der Waals surface area contributed by atoms with Crippen molar-refractivity contribution in [3.8, 4) is 0 Å². The highest BCUT2D eigenvalue weighted by Crippen LogP contribution is 2.14. The quantitative estimate of drug-likeness (QED) is 0.780. The van der Waals surface area contributed by atoms with Crippen molar-refractivity contribution < 1.29 is 14.1 Å². The van der Waals surface area contributed by atoms with Crippen LogP contribution in [0.15, 0.2) is 4.52 Å². The molecule has 0 aliphatic carbocycles. The number of carbonyl (C=O) groups is 1. The fraction of sp³-hybridized carbons (Fsp3) is 0.786. The van der Waals surface area contributed by atoms with E-state index in [0.717, 1.165) is 0 Å². The van der Waals surface area contributed by atoms with Crippen LogP contribution in [0.1, 0.15) is 51.9 Å². The third kappa shape index (κ3) is 6.29. The lowest BCUT2D eigenvalue weighted by Gasteiger charge is -2.20. The van der Waals surface area contributed by atoms with Crippen molar-refractivity contribution in [2.45, 2.75) is 52.8 Å². The molecule has 0 aliphatic rings. The zero-order valence-electron chi connectivity index (χ0n) is 13.9. The van der Waals surface area contributed by atoms with Gasteiger partial charge in [0.05, 0.1) is 12.6 Å². The lowest BCUT2D eigenvalue weighted by molar-refractivity contribution is -0.132. The van der Waals surface area contributed by atoms with Gasteiger partial charge in [0.1, 0.15) is 6.10 Å². The number of rotatable bonds is 8. The van der Waals surface area contributed by atoms with Crippen LogP contribution in [0.2, 0.25) is 0 Å². The fourth-order valence-corrected chi connectivity index (χ4v) is 1.99. The normalized spacial score (nSPS) is 13.6. The summed E-state index contributed by atoms with van der Waals surface area (Å²) in [4.78, 5) is 17.9. The summed E-state index contributed by atoms with van der Waals surface area (Å²) in [5, 5.41) is 3.86. The SMILES string of the molecule is CCOC(C)c1noc(CN(C)C(=O)[C@@H](N)CC(C)C)n1.Cl. The molecule has 0 spiro atoms. The molecule has 0 radical (unpaired) electrons. The van der Waals surface area contributed by atoms with E-state index in [4.69, 9.17) is 15.0 Å². The summed E-state index contributed by atoms with van der Waals surface area (Å²) >= 11 is 0. The molecule has 1 unspecified atom stereocenters. The molecule has 0 aliphatic heterocycles. The Labute approximate surface area is 138 Å². The Balaban J connectivity index is 0.00000441. The molecular weight excluding hydrogens is 308 g/mol. The van der Waals surface area contributed by atoms with Crippen LogP contribution >= 0.6 is 12.4 Å². The first-order valence-corrected chi connectivity index (χ1v) is 7.29. The highest BCUT2D eigenvalue weighted by atomic mass is 35.5. The summed E-state index contributed by atoms with van der Waals surface area (Å²) in [6.07, 6.45) is 0.427. The molecule has 2 atom stereocenters. The number of aromatic nitrogens is 2. The minimum atomic E-state index is -0.500. The Bertz CT molecular complexity index is 453. The topological polar surface area (TPSA) is 94.5 Å². The van der Waals surface area contributed by atoms with Gasteiger partial charge in [-0.3, -0.25) is 4.79 Å². The molecule has 0 saturated heterocycles. The molecule has 0 bridgehead atoms. The first-order valence-electron chi connectivity index (χ1n) is 7.29. The average Bonchev–Trinajstić information content (AvgIpc) is 2.85. The van der Waals surface area contributed by atoms with E-state index >= 15 is 0 Å². The van der Waals surface area contributed by atoms with Crippen molar-refractivity contribution in [2.75, 3.05) is 13.7 Å². The molecule has 128 valence electrons. The van der Waals surface area contributed by atoms with Crippen LogP contribution < -0.4 is 5.73 Å². The Kier molecular flexibility index (Phi) is 9.24. The van der Waals surface area contributed by atoms with Gasteiger partial charge in [-0.05, 0) is 26.2 Å². The second-order valence-corrected chi connectivity index (χ2v) is 5.57. The average molecular weight is 335 g/mol. The van der Waals surface area contributed by atoms with Gasteiger partial charge < -0.3 is 19.9 Å². The molecule has 0 fully saturated rings. The van der Waals surface area contributed by atoms with Gasteiger partial charge in [0.25, 0.3) is 0 Å². The lowest BCUT2D eigenvalue weighted by atomic mass is 10.0. The monoisotopic (exact) mass is 334 g/mol. The maximum Gasteiger partial charge on any atom is 0.246 e. The van der Waals surface area contributed by atoms with Gasteiger partial charge in [-0.25, -0.2) is 0 Å². The molecule has 0 saturated carbocycles. The number of halogens is 1. The summed E-state index contributed by atoms with van der Waals surface area (Å²) in [6, 6.07) is -0.500. The van der Waals surface area contributed by atoms with E-state index in [1.807, 2.05) is 27.7 Å². The Morgan fingerprint density at radius 3 is 2.59 bits per heavy atom. The third-order valence-electron chi connectivity index (χ3n) is 3.06. The zero-order chi connectivity index (χ0) is 16.0. The number of nitrogens with zero attached hydrogens (tertiary/aromatic N) is 3. The predicted octanol–water partition coefficient (Wildman–Crippen LogP) is 1.92. The van der Waals surface area contributed by atoms with Crippen LogP contribution in [-0.4, -0.2) is 40.6 Å². The van der Waals surface area contributed by atoms with Gasteiger partial charge >= 0.3 is 0 Å².